The number of ether oxygens (including phenoxy) is 1. The highest BCUT2D eigenvalue weighted by molar-refractivity contribution is 5.51. The Kier molecular flexibility index (Phi) is 2.49. The lowest BCUT2D eigenvalue weighted by atomic mass is 10.3. The number of hydrogen-bond acceptors (Lipinski definition) is 2. The third-order valence-corrected chi connectivity index (χ3v) is 0.987. The lowest BCUT2D eigenvalue weighted by molar-refractivity contribution is -0.109. The Balaban J connectivity index is 2.50. The van der Waals surface area contributed by atoms with E-state index in [4.69, 9.17) is 4.74 Å². The minimum Gasteiger partial charge on any atom is -0.485 e. The SMILES string of the molecule is O=CCOc1[c]cccc1. The molecule has 0 heterocycles. The van der Waals surface area contributed by atoms with Gasteiger partial charge in [-0.1, -0.05) is 18.2 Å². The molecule has 1 aromatic carbocycles. The van der Waals surface area contributed by atoms with Gasteiger partial charge in [-0.15, -0.1) is 0 Å². The average Bonchev–Trinajstić information content (AvgIpc) is 2.03. The van der Waals surface area contributed by atoms with Gasteiger partial charge in [-0.2, -0.15) is 0 Å². The summed E-state index contributed by atoms with van der Waals surface area (Å²) >= 11 is 0. The summed E-state index contributed by atoms with van der Waals surface area (Å²) in [6.45, 7) is 0.0977. The smallest absolute Gasteiger partial charge is 0.157 e. The minimum absolute atomic E-state index is 0.0977. The Morgan fingerprint density at radius 3 is 3.10 bits per heavy atom. The normalized spacial score (nSPS) is 8.80. The number of carbonyl (C=O) groups excluding carboxylic acids is 1. The van der Waals surface area contributed by atoms with Gasteiger partial charge in [0.25, 0.3) is 0 Å². The second kappa shape index (κ2) is 3.67. The topological polar surface area (TPSA) is 26.3 Å². The Morgan fingerprint density at radius 1 is 1.60 bits per heavy atom. The number of carbonyl (C=O) groups is 1. The van der Waals surface area contributed by atoms with Crippen LogP contribution >= 0.6 is 0 Å². The van der Waals surface area contributed by atoms with E-state index in [9.17, 15) is 4.79 Å². The van der Waals surface area contributed by atoms with Crippen molar-refractivity contribution in [3.8, 4) is 5.75 Å². The molecular weight excluding hydrogens is 128 g/mol. The number of rotatable bonds is 3. The molecule has 0 atom stereocenters. The predicted molar refractivity (Wildman–Crippen MR) is 36.8 cm³/mol. The van der Waals surface area contributed by atoms with Gasteiger partial charge < -0.3 is 4.74 Å². The summed E-state index contributed by atoms with van der Waals surface area (Å²) in [4.78, 5) is 9.84. The standard InChI is InChI=1S/C8H7O2/c9-6-7-10-8-4-2-1-3-5-8/h1-4,6H,7H2. The largest absolute Gasteiger partial charge is 0.485 e. The molecule has 1 radical (unpaired) electrons. The van der Waals surface area contributed by atoms with Gasteiger partial charge in [-0.3, -0.25) is 4.79 Å². The summed E-state index contributed by atoms with van der Waals surface area (Å²) < 4.78 is 4.93. The van der Waals surface area contributed by atoms with E-state index in [1.54, 1.807) is 12.1 Å². The van der Waals surface area contributed by atoms with Gasteiger partial charge in [0.2, 0.25) is 0 Å². The summed E-state index contributed by atoms with van der Waals surface area (Å²) in [7, 11) is 0. The van der Waals surface area contributed by atoms with E-state index in [2.05, 4.69) is 6.07 Å². The molecule has 10 heavy (non-hydrogen) atoms. The van der Waals surface area contributed by atoms with Crippen LogP contribution in [0.2, 0.25) is 0 Å². The highest BCUT2D eigenvalue weighted by Gasteiger charge is 1.87. The van der Waals surface area contributed by atoms with Gasteiger partial charge in [0.1, 0.15) is 12.4 Å². The second-order valence-electron chi connectivity index (χ2n) is 1.70. The Bertz CT molecular complexity index is 194. The molecular formula is C8H7O2. The molecule has 0 bridgehead atoms. The number of hydrogen-bond donors (Lipinski definition) is 0. The minimum atomic E-state index is 0.0977. The summed E-state index contributed by atoms with van der Waals surface area (Å²) in [5.74, 6) is 0.606. The molecule has 0 saturated heterocycles. The van der Waals surface area contributed by atoms with Crippen LogP contribution in [0.4, 0.5) is 0 Å². The van der Waals surface area contributed by atoms with E-state index in [1.807, 2.05) is 12.1 Å². The number of benzene rings is 1. The van der Waals surface area contributed by atoms with Crippen molar-refractivity contribution < 1.29 is 9.53 Å². The Morgan fingerprint density at radius 2 is 2.50 bits per heavy atom. The van der Waals surface area contributed by atoms with Crippen molar-refractivity contribution in [2.24, 2.45) is 0 Å². The monoisotopic (exact) mass is 135 g/mol. The van der Waals surface area contributed by atoms with Gasteiger partial charge in [0.05, 0.1) is 0 Å². The van der Waals surface area contributed by atoms with Crippen molar-refractivity contribution in [3.05, 3.63) is 30.3 Å². The molecule has 0 spiro atoms. The first kappa shape index (κ1) is 6.81. The van der Waals surface area contributed by atoms with Crippen LogP contribution in [0.3, 0.4) is 0 Å². The summed E-state index contributed by atoms with van der Waals surface area (Å²) in [5, 5.41) is 0. The molecule has 1 rings (SSSR count). The first-order chi connectivity index (χ1) is 4.93. The first-order valence-electron chi connectivity index (χ1n) is 2.96. The fraction of sp³-hybridized carbons (Fsp3) is 0.125. The molecule has 0 unspecified atom stereocenters. The van der Waals surface area contributed by atoms with Crippen molar-refractivity contribution in [1.29, 1.82) is 0 Å². The summed E-state index contributed by atoms with van der Waals surface area (Å²) in [6, 6.07) is 9.98. The quantitative estimate of drug-likeness (QED) is 0.579. The van der Waals surface area contributed by atoms with Crippen LogP contribution in [0.15, 0.2) is 24.3 Å². The number of para-hydroxylation sites is 1. The van der Waals surface area contributed by atoms with Crippen LogP contribution in [0.1, 0.15) is 0 Å². The van der Waals surface area contributed by atoms with Gasteiger partial charge in [0, 0.05) is 6.07 Å². The van der Waals surface area contributed by atoms with Gasteiger partial charge in [-0.25, -0.2) is 0 Å². The average molecular weight is 135 g/mol. The van der Waals surface area contributed by atoms with Crippen LogP contribution in [-0.4, -0.2) is 12.9 Å². The number of aldehydes is 1. The Hall–Kier alpha value is -1.31. The predicted octanol–water partition coefficient (Wildman–Crippen LogP) is 1.06. The zero-order chi connectivity index (χ0) is 7.23. The third-order valence-electron chi connectivity index (χ3n) is 0.987. The lowest BCUT2D eigenvalue weighted by Crippen LogP contribution is -1.96. The summed E-state index contributed by atoms with van der Waals surface area (Å²) in [6.07, 6.45) is 0.709. The van der Waals surface area contributed by atoms with E-state index in [0.717, 1.165) is 0 Å². The van der Waals surface area contributed by atoms with Crippen molar-refractivity contribution in [2.45, 2.75) is 0 Å². The molecule has 0 aromatic heterocycles. The summed E-state index contributed by atoms with van der Waals surface area (Å²) in [5.41, 5.74) is 0. The maximum absolute atomic E-state index is 9.84. The van der Waals surface area contributed by atoms with Gasteiger partial charge in [-0.05, 0) is 6.07 Å². The highest BCUT2D eigenvalue weighted by atomic mass is 16.5. The molecule has 0 aliphatic carbocycles. The molecule has 0 saturated carbocycles. The van der Waals surface area contributed by atoms with Crippen molar-refractivity contribution in [2.75, 3.05) is 6.61 Å². The van der Waals surface area contributed by atoms with E-state index in [-0.39, 0.29) is 6.61 Å². The Labute approximate surface area is 59.4 Å². The maximum atomic E-state index is 9.84. The fourth-order valence-electron chi connectivity index (χ4n) is 0.590. The maximum Gasteiger partial charge on any atom is 0.157 e. The van der Waals surface area contributed by atoms with E-state index < -0.39 is 0 Å². The molecule has 0 aliphatic heterocycles. The van der Waals surface area contributed by atoms with Gasteiger partial charge >= 0.3 is 0 Å². The first-order valence-corrected chi connectivity index (χ1v) is 2.96. The third kappa shape index (κ3) is 1.90. The van der Waals surface area contributed by atoms with Crippen molar-refractivity contribution in [1.82, 2.24) is 0 Å². The van der Waals surface area contributed by atoms with Crippen LogP contribution in [0, 0.1) is 6.07 Å². The van der Waals surface area contributed by atoms with Crippen LogP contribution < -0.4 is 4.74 Å². The molecule has 0 aliphatic rings. The molecule has 0 fully saturated rings. The van der Waals surface area contributed by atoms with Gasteiger partial charge in [0.15, 0.2) is 6.29 Å². The second-order valence-corrected chi connectivity index (χ2v) is 1.70. The van der Waals surface area contributed by atoms with E-state index in [1.165, 1.54) is 0 Å². The molecule has 51 valence electrons. The van der Waals surface area contributed by atoms with Crippen molar-refractivity contribution >= 4 is 6.29 Å². The molecule has 0 amide bonds. The van der Waals surface area contributed by atoms with Crippen LogP contribution in [0.5, 0.6) is 5.75 Å². The van der Waals surface area contributed by atoms with E-state index >= 15 is 0 Å². The molecule has 2 heteroatoms. The van der Waals surface area contributed by atoms with Crippen molar-refractivity contribution in [3.63, 3.8) is 0 Å². The molecule has 0 N–H and O–H groups in total. The fourth-order valence-corrected chi connectivity index (χ4v) is 0.590. The zero-order valence-electron chi connectivity index (χ0n) is 5.41. The highest BCUT2D eigenvalue weighted by Crippen LogP contribution is 2.05. The lowest BCUT2D eigenvalue weighted by Gasteiger charge is -1.97. The van der Waals surface area contributed by atoms with Crippen LogP contribution in [0.25, 0.3) is 0 Å². The zero-order valence-corrected chi connectivity index (χ0v) is 5.41. The van der Waals surface area contributed by atoms with Crippen LogP contribution in [-0.2, 0) is 4.79 Å². The molecule has 1 aromatic rings. The molecule has 2 nitrogen and oxygen atoms in total. The van der Waals surface area contributed by atoms with E-state index in [0.29, 0.717) is 12.0 Å².